The largest absolute Gasteiger partial charge is 0.319 e. The Morgan fingerprint density at radius 2 is 2.07 bits per heavy atom. The SMILES string of the molecule is CNCC1CCN(S(=O)(=O)NC2CC2)C1. The quantitative estimate of drug-likeness (QED) is 0.674. The maximum absolute atomic E-state index is 11.8. The molecule has 2 N–H and O–H groups in total. The lowest BCUT2D eigenvalue weighted by atomic mass is 10.1. The van der Waals surface area contributed by atoms with E-state index in [0.717, 1.165) is 25.8 Å². The second kappa shape index (κ2) is 4.37. The first-order chi connectivity index (χ1) is 7.12. The van der Waals surface area contributed by atoms with Crippen LogP contribution in [0.2, 0.25) is 0 Å². The highest BCUT2D eigenvalue weighted by Gasteiger charge is 2.34. The van der Waals surface area contributed by atoms with Crippen LogP contribution in [0.3, 0.4) is 0 Å². The Balaban J connectivity index is 1.88. The molecule has 15 heavy (non-hydrogen) atoms. The van der Waals surface area contributed by atoms with Gasteiger partial charge in [-0.05, 0) is 38.8 Å². The molecule has 2 fully saturated rings. The summed E-state index contributed by atoms with van der Waals surface area (Å²) >= 11 is 0. The number of nitrogens with one attached hydrogen (secondary N) is 2. The van der Waals surface area contributed by atoms with Crippen molar-refractivity contribution in [2.24, 2.45) is 5.92 Å². The maximum atomic E-state index is 11.8. The summed E-state index contributed by atoms with van der Waals surface area (Å²) in [6, 6.07) is 0.207. The van der Waals surface area contributed by atoms with Gasteiger partial charge < -0.3 is 5.32 Å². The van der Waals surface area contributed by atoms with E-state index in [9.17, 15) is 8.42 Å². The zero-order chi connectivity index (χ0) is 10.9. The van der Waals surface area contributed by atoms with Gasteiger partial charge in [0.25, 0.3) is 10.2 Å². The van der Waals surface area contributed by atoms with Gasteiger partial charge in [-0.3, -0.25) is 0 Å². The lowest BCUT2D eigenvalue weighted by Crippen LogP contribution is -2.40. The molecule has 0 aromatic heterocycles. The Kier molecular flexibility index (Phi) is 3.30. The van der Waals surface area contributed by atoms with Gasteiger partial charge in [-0.2, -0.15) is 17.4 Å². The molecule has 1 aliphatic carbocycles. The first-order valence-electron chi connectivity index (χ1n) is 5.54. The molecule has 1 saturated heterocycles. The van der Waals surface area contributed by atoms with Crippen LogP contribution >= 0.6 is 0 Å². The van der Waals surface area contributed by atoms with E-state index in [-0.39, 0.29) is 6.04 Å². The number of rotatable bonds is 5. The Hall–Kier alpha value is -0.170. The van der Waals surface area contributed by atoms with Crippen molar-refractivity contribution in [2.75, 3.05) is 26.7 Å². The van der Waals surface area contributed by atoms with Gasteiger partial charge in [0, 0.05) is 19.1 Å². The highest BCUT2D eigenvalue weighted by atomic mass is 32.2. The molecular formula is C9H19N3O2S. The molecule has 1 saturated carbocycles. The van der Waals surface area contributed by atoms with Gasteiger partial charge in [-0.1, -0.05) is 0 Å². The monoisotopic (exact) mass is 233 g/mol. The fourth-order valence-electron chi connectivity index (χ4n) is 1.96. The Morgan fingerprint density at radius 3 is 2.67 bits per heavy atom. The minimum atomic E-state index is -3.19. The van der Waals surface area contributed by atoms with Crippen molar-refractivity contribution in [3.63, 3.8) is 0 Å². The molecule has 1 unspecified atom stereocenters. The van der Waals surface area contributed by atoms with Crippen molar-refractivity contribution in [1.29, 1.82) is 0 Å². The normalized spacial score (nSPS) is 28.5. The summed E-state index contributed by atoms with van der Waals surface area (Å²) in [7, 11) is -1.29. The highest BCUT2D eigenvalue weighted by molar-refractivity contribution is 7.87. The average molecular weight is 233 g/mol. The van der Waals surface area contributed by atoms with Crippen molar-refractivity contribution in [3.05, 3.63) is 0 Å². The fourth-order valence-corrected chi connectivity index (χ4v) is 3.52. The summed E-state index contributed by atoms with van der Waals surface area (Å²) in [6.45, 7) is 2.22. The molecule has 2 aliphatic rings. The minimum Gasteiger partial charge on any atom is -0.319 e. The van der Waals surface area contributed by atoms with Crippen LogP contribution in [0.5, 0.6) is 0 Å². The Bertz CT molecular complexity index is 313. The zero-order valence-electron chi connectivity index (χ0n) is 9.07. The van der Waals surface area contributed by atoms with Crippen molar-refractivity contribution in [2.45, 2.75) is 25.3 Å². The lowest BCUT2D eigenvalue weighted by molar-refractivity contribution is 0.442. The van der Waals surface area contributed by atoms with Gasteiger partial charge in [0.1, 0.15) is 0 Å². The molecule has 2 rings (SSSR count). The predicted molar refractivity (Wildman–Crippen MR) is 58.7 cm³/mol. The van der Waals surface area contributed by atoms with E-state index in [2.05, 4.69) is 10.0 Å². The van der Waals surface area contributed by atoms with E-state index in [1.807, 2.05) is 7.05 Å². The van der Waals surface area contributed by atoms with Crippen molar-refractivity contribution < 1.29 is 8.42 Å². The second-order valence-electron chi connectivity index (χ2n) is 4.47. The first kappa shape index (κ1) is 11.3. The van der Waals surface area contributed by atoms with Gasteiger partial charge in [-0.15, -0.1) is 0 Å². The molecule has 0 aromatic carbocycles. The maximum Gasteiger partial charge on any atom is 0.279 e. The van der Waals surface area contributed by atoms with Crippen LogP contribution in [-0.4, -0.2) is 45.4 Å². The second-order valence-corrected chi connectivity index (χ2v) is 6.17. The van der Waals surface area contributed by atoms with Crippen LogP contribution < -0.4 is 10.0 Å². The molecule has 0 bridgehead atoms. The van der Waals surface area contributed by atoms with E-state index in [0.29, 0.717) is 19.0 Å². The Labute approximate surface area is 91.4 Å². The van der Waals surface area contributed by atoms with Gasteiger partial charge in [0.2, 0.25) is 0 Å². The standard InChI is InChI=1S/C9H19N3O2S/c1-10-6-8-4-5-12(7-8)15(13,14)11-9-2-3-9/h8-11H,2-7H2,1H3. The van der Waals surface area contributed by atoms with E-state index in [1.165, 1.54) is 0 Å². The number of hydrogen-bond acceptors (Lipinski definition) is 3. The van der Waals surface area contributed by atoms with Crippen molar-refractivity contribution >= 4 is 10.2 Å². The summed E-state index contributed by atoms with van der Waals surface area (Å²) in [6.07, 6.45) is 2.95. The van der Waals surface area contributed by atoms with E-state index in [4.69, 9.17) is 0 Å². The molecule has 0 aromatic rings. The van der Waals surface area contributed by atoms with Crippen LogP contribution in [0.15, 0.2) is 0 Å². The summed E-state index contributed by atoms with van der Waals surface area (Å²) < 4.78 is 27.9. The lowest BCUT2D eigenvalue weighted by Gasteiger charge is -2.16. The zero-order valence-corrected chi connectivity index (χ0v) is 9.89. The van der Waals surface area contributed by atoms with Gasteiger partial charge in [0.15, 0.2) is 0 Å². The summed E-state index contributed by atoms with van der Waals surface area (Å²) in [5.41, 5.74) is 0. The molecule has 6 heteroatoms. The minimum absolute atomic E-state index is 0.207. The first-order valence-corrected chi connectivity index (χ1v) is 6.98. The fraction of sp³-hybridized carbons (Fsp3) is 1.00. The molecule has 5 nitrogen and oxygen atoms in total. The highest BCUT2D eigenvalue weighted by Crippen LogP contribution is 2.23. The molecule has 0 radical (unpaired) electrons. The molecule has 0 amide bonds. The molecule has 88 valence electrons. The van der Waals surface area contributed by atoms with Gasteiger partial charge in [0.05, 0.1) is 0 Å². The smallest absolute Gasteiger partial charge is 0.279 e. The molecule has 1 heterocycles. The summed E-state index contributed by atoms with van der Waals surface area (Å²) in [5, 5.41) is 3.09. The van der Waals surface area contributed by atoms with Gasteiger partial charge >= 0.3 is 0 Å². The van der Waals surface area contributed by atoms with Crippen LogP contribution in [0.25, 0.3) is 0 Å². The predicted octanol–water partition coefficient (Wildman–Crippen LogP) is -0.475. The average Bonchev–Trinajstić information content (AvgIpc) is 2.82. The Morgan fingerprint density at radius 1 is 1.33 bits per heavy atom. The molecule has 1 atom stereocenters. The third kappa shape index (κ3) is 2.90. The van der Waals surface area contributed by atoms with Crippen LogP contribution in [0.4, 0.5) is 0 Å². The third-order valence-corrected chi connectivity index (χ3v) is 4.62. The van der Waals surface area contributed by atoms with Gasteiger partial charge in [-0.25, -0.2) is 0 Å². The van der Waals surface area contributed by atoms with Crippen LogP contribution in [0.1, 0.15) is 19.3 Å². The van der Waals surface area contributed by atoms with Crippen molar-refractivity contribution in [3.8, 4) is 0 Å². The van der Waals surface area contributed by atoms with E-state index in [1.54, 1.807) is 4.31 Å². The van der Waals surface area contributed by atoms with Crippen LogP contribution in [-0.2, 0) is 10.2 Å². The number of hydrogen-bond donors (Lipinski definition) is 2. The number of nitrogens with zero attached hydrogens (tertiary/aromatic N) is 1. The summed E-state index contributed by atoms with van der Waals surface area (Å²) in [4.78, 5) is 0. The summed E-state index contributed by atoms with van der Waals surface area (Å²) in [5.74, 6) is 0.464. The van der Waals surface area contributed by atoms with Crippen LogP contribution in [0, 0.1) is 5.92 Å². The van der Waals surface area contributed by atoms with E-state index >= 15 is 0 Å². The van der Waals surface area contributed by atoms with E-state index < -0.39 is 10.2 Å². The topological polar surface area (TPSA) is 61.4 Å². The molecular weight excluding hydrogens is 214 g/mol. The molecule has 0 spiro atoms. The molecule has 1 aliphatic heterocycles. The third-order valence-electron chi connectivity index (χ3n) is 2.97. The van der Waals surface area contributed by atoms with Crippen molar-refractivity contribution in [1.82, 2.24) is 14.3 Å².